The zero-order valence-corrected chi connectivity index (χ0v) is 54.7. The van der Waals surface area contributed by atoms with Crippen molar-refractivity contribution in [3.8, 4) is 0 Å². The molecule has 0 bridgehead atoms. The first-order valence-electron chi connectivity index (χ1n) is 35.4. The molecule has 0 rings (SSSR count). The Kier molecular flexibility index (Phi) is 67.2. The van der Waals surface area contributed by atoms with Crippen molar-refractivity contribution < 1.29 is 28.6 Å². The fraction of sp³-hybridized carbons (Fsp3) is 0.727. The maximum Gasteiger partial charge on any atom is 0.306 e. The van der Waals surface area contributed by atoms with Crippen molar-refractivity contribution in [1.29, 1.82) is 0 Å². The molecule has 0 N–H and O–H groups in total. The van der Waals surface area contributed by atoms with Crippen molar-refractivity contribution in [2.24, 2.45) is 0 Å². The highest BCUT2D eigenvalue weighted by molar-refractivity contribution is 5.71. The van der Waals surface area contributed by atoms with E-state index in [4.69, 9.17) is 14.2 Å². The van der Waals surface area contributed by atoms with Crippen LogP contribution in [0, 0.1) is 0 Å². The lowest BCUT2D eigenvalue weighted by molar-refractivity contribution is -0.167. The van der Waals surface area contributed by atoms with Crippen LogP contribution in [0.2, 0.25) is 0 Å². The molecule has 0 aliphatic carbocycles. The van der Waals surface area contributed by atoms with Crippen LogP contribution in [0.1, 0.15) is 342 Å². The molecule has 1 unspecified atom stereocenters. The molecule has 0 saturated heterocycles. The quantitative estimate of drug-likeness (QED) is 0.0261. The highest BCUT2D eigenvalue weighted by Gasteiger charge is 2.19. The van der Waals surface area contributed by atoms with E-state index in [2.05, 4.69) is 130 Å². The minimum absolute atomic E-state index is 0.0985. The number of carbonyl (C=O) groups excluding carboxylic acids is 3. The summed E-state index contributed by atoms with van der Waals surface area (Å²) < 4.78 is 16.9. The molecule has 0 amide bonds. The Morgan fingerprint density at radius 2 is 0.482 bits per heavy atom. The van der Waals surface area contributed by atoms with Gasteiger partial charge < -0.3 is 14.2 Å². The third-order valence-corrected chi connectivity index (χ3v) is 15.3. The van der Waals surface area contributed by atoms with Crippen molar-refractivity contribution in [3.63, 3.8) is 0 Å². The van der Waals surface area contributed by atoms with Gasteiger partial charge in [0.1, 0.15) is 13.2 Å². The van der Waals surface area contributed by atoms with Crippen molar-refractivity contribution in [2.45, 2.75) is 348 Å². The first kappa shape index (κ1) is 79.1. The van der Waals surface area contributed by atoms with Gasteiger partial charge in [0.25, 0.3) is 0 Å². The average Bonchev–Trinajstić information content (AvgIpc) is 3.49. The van der Waals surface area contributed by atoms with E-state index in [0.717, 1.165) is 96.3 Å². The number of ether oxygens (including phenoxy) is 3. The van der Waals surface area contributed by atoms with E-state index < -0.39 is 6.10 Å². The maximum absolute atomic E-state index is 12.9. The fourth-order valence-corrected chi connectivity index (χ4v) is 9.99. The van der Waals surface area contributed by atoms with Gasteiger partial charge in [-0.05, 0) is 103 Å². The molecule has 6 heteroatoms. The monoisotopic (exact) mass is 1150 g/mol. The van der Waals surface area contributed by atoms with E-state index in [9.17, 15) is 14.4 Å². The number of unbranched alkanes of at least 4 members (excludes halogenated alkanes) is 35. The van der Waals surface area contributed by atoms with Crippen LogP contribution in [0.15, 0.2) is 109 Å². The van der Waals surface area contributed by atoms with Crippen molar-refractivity contribution in [3.05, 3.63) is 109 Å². The molecule has 6 nitrogen and oxygen atoms in total. The lowest BCUT2D eigenvalue weighted by atomic mass is 10.0. The predicted octanol–water partition coefficient (Wildman–Crippen LogP) is 24.6. The molecular formula is C77H132O6. The number of hydrogen-bond acceptors (Lipinski definition) is 6. The van der Waals surface area contributed by atoms with Gasteiger partial charge >= 0.3 is 17.9 Å². The summed E-state index contributed by atoms with van der Waals surface area (Å²) in [6, 6.07) is 0. The van der Waals surface area contributed by atoms with Gasteiger partial charge in [-0.2, -0.15) is 0 Å². The van der Waals surface area contributed by atoms with Crippen LogP contribution in [0.4, 0.5) is 0 Å². The summed E-state index contributed by atoms with van der Waals surface area (Å²) >= 11 is 0. The highest BCUT2D eigenvalue weighted by atomic mass is 16.6. The third kappa shape index (κ3) is 68.7. The first-order chi connectivity index (χ1) is 41.0. The van der Waals surface area contributed by atoms with Gasteiger partial charge in [-0.15, -0.1) is 0 Å². The molecule has 0 fully saturated rings. The second-order valence-corrected chi connectivity index (χ2v) is 23.4. The van der Waals surface area contributed by atoms with Crippen LogP contribution in [0.5, 0.6) is 0 Å². The number of carbonyl (C=O) groups is 3. The molecule has 0 aromatic rings. The summed E-state index contributed by atoms with van der Waals surface area (Å²) in [6.07, 6.45) is 96.9. The van der Waals surface area contributed by atoms with E-state index in [1.54, 1.807) is 0 Å². The SMILES string of the molecule is CC/C=C\C/C=C\C/C=C\C/C=C\C/C=C\C/C=C\C/C=C\CCCC(=O)OC(COC(=O)CCCCCCCCCCCCCCCCC)COC(=O)CCCCCCCCCCCCCCCCC/C=C\C/C=C\CCCCCCC. The molecule has 0 spiro atoms. The van der Waals surface area contributed by atoms with E-state index in [1.165, 1.54) is 199 Å². The normalized spacial score (nSPS) is 12.8. The smallest absolute Gasteiger partial charge is 0.306 e. The van der Waals surface area contributed by atoms with Crippen LogP contribution in [-0.2, 0) is 28.6 Å². The van der Waals surface area contributed by atoms with Crippen LogP contribution >= 0.6 is 0 Å². The van der Waals surface area contributed by atoms with Gasteiger partial charge in [0.15, 0.2) is 6.10 Å². The zero-order valence-electron chi connectivity index (χ0n) is 54.7. The van der Waals surface area contributed by atoms with Gasteiger partial charge in [-0.25, -0.2) is 0 Å². The molecule has 0 aromatic carbocycles. The topological polar surface area (TPSA) is 78.9 Å². The Labute approximate surface area is 514 Å². The molecule has 0 aromatic heterocycles. The molecular weight excluding hydrogens is 1020 g/mol. The summed E-state index contributed by atoms with van der Waals surface area (Å²) in [6.45, 7) is 6.51. The lowest BCUT2D eigenvalue weighted by Gasteiger charge is -2.18. The Bertz CT molecular complexity index is 1660. The fourth-order valence-electron chi connectivity index (χ4n) is 9.99. The van der Waals surface area contributed by atoms with E-state index in [0.29, 0.717) is 19.3 Å². The molecule has 0 aliphatic heterocycles. The van der Waals surface area contributed by atoms with E-state index in [1.807, 2.05) is 0 Å². The minimum Gasteiger partial charge on any atom is -0.462 e. The van der Waals surface area contributed by atoms with Crippen LogP contribution in [0.3, 0.4) is 0 Å². The van der Waals surface area contributed by atoms with Crippen LogP contribution in [-0.4, -0.2) is 37.2 Å². The summed E-state index contributed by atoms with van der Waals surface area (Å²) in [5, 5.41) is 0. The Hall–Kier alpha value is -3.93. The van der Waals surface area contributed by atoms with Crippen LogP contribution in [0.25, 0.3) is 0 Å². The minimum atomic E-state index is -0.810. The van der Waals surface area contributed by atoms with Gasteiger partial charge in [-0.3, -0.25) is 14.4 Å². The van der Waals surface area contributed by atoms with Crippen molar-refractivity contribution in [2.75, 3.05) is 13.2 Å². The average molecular weight is 1150 g/mol. The molecule has 0 radical (unpaired) electrons. The van der Waals surface area contributed by atoms with Gasteiger partial charge in [0, 0.05) is 19.3 Å². The second-order valence-electron chi connectivity index (χ2n) is 23.4. The number of esters is 3. The van der Waals surface area contributed by atoms with Gasteiger partial charge in [0.05, 0.1) is 0 Å². The summed E-state index contributed by atoms with van der Waals surface area (Å²) in [5.74, 6) is -0.944. The van der Waals surface area contributed by atoms with E-state index >= 15 is 0 Å². The summed E-state index contributed by atoms with van der Waals surface area (Å²) in [4.78, 5) is 38.4. The number of hydrogen-bond donors (Lipinski definition) is 0. The Balaban J connectivity index is 4.39. The lowest BCUT2D eigenvalue weighted by Crippen LogP contribution is -2.30. The molecule has 0 aliphatic rings. The largest absolute Gasteiger partial charge is 0.462 e. The van der Waals surface area contributed by atoms with Crippen molar-refractivity contribution in [1.82, 2.24) is 0 Å². The molecule has 1 atom stereocenters. The standard InChI is InChI=1S/C77H132O6/c1-4-7-10-13-16-19-22-25-28-30-32-34-36-37-38-39-41-42-44-46-49-52-55-58-61-64-67-70-76(79)82-73-74(72-81-75(78)69-66-63-60-57-54-51-48-27-24-21-18-15-12-9-6-3)83-77(80)71-68-65-62-59-56-53-50-47-45-43-40-35-33-31-29-26-23-20-17-14-11-8-5-2/h8,11,17,20,22,25-26,29-30,32-33,35,43,45,50,53,59,62,74H,4-7,9-10,12-16,18-19,21,23-24,27-28,31,34,36-42,44,46-49,51-52,54-58,60-61,63-73H2,1-3H3/b11-8-,20-17-,25-22-,29-26-,32-30-,35-33-,45-43-,53-50-,62-59-. The van der Waals surface area contributed by atoms with Gasteiger partial charge in [-0.1, -0.05) is 329 Å². The maximum atomic E-state index is 12.9. The zero-order chi connectivity index (χ0) is 59.9. The number of allylic oxidation sites excluding steroid dienone is 18. The van der Waals surface area contributed by atoms with E-state index in [-0.39, 0.29) is 37.5 Å². The number of rotatable bonds is 64. The van der Waals surface area contributed by atoms with Crippen LogP contribution < -0.4 is 0 Å². The summed E-state index contributed by atoms with van der Waals surface area (Å²) in [7, 11) is 0. The van der Waals surface area contributed by atoms with Gasteiger partial charge in [0.2, 0.25) is 0 Å². The first-order valence-corrected chi connectivity index (χ1v) is 35.4. The highest BCUT2D eigenvalue weighted by Crippen LogP contribution is 2.17. The molecule has 0 saturated carbocycles. The van der Waals surface area contributed by atoms with Crippen molar-refractivity contribution >= 4 is 17.9 Å². The predicted molar refractivity (Wildman–Crippen MR) is 362 cm³/mol. The third-order valence-electron chi connectivity index (χ3n) is 15.3. The summed E-state index contributed by atoms with van der Waals surface area (Å²) in [5.41, 5.74) is 0. The molecule has 476 valence electrons. The molecule has 83 heavy (non-hydrogen) atoms. The second kappa shape index (κ2) is 70.6. The Morgan fingerprint density at radius 1 is 0.253 bits per heavy atom. The Morgan fingerprint density at radius 3 is 0.771 bits per heavy atom. The molecule has 0 heterocycles.